The lowest BCUT2D eigenvalue weighted by molar-refractivity contribution is -0.153. The Bertz CT molecular complexity index is 652. The zero-order valence-corrected chi connectivity index (χ0v) is 15.2. The van der Waals surface area contributed by atoms with E-state index in [2.05, 4.69) is 5.32 Å². The highest BCUT2D eigenvalue weighted by Crippen LogP contribution is 2.22. The second-order valence-electron chi connectivity index (χ2n) is 5.93. The number of esters is 1. The van der Waals surface area contributed by atoms with Crippen LogP contribution in [-0.2, 0) is 14.3 Å². The van der Waals surface area contributed by atoms with Crippen molar-refractivity contribution in [3.63, 3.8) is 0 Å². The number of carbonyl (C=O) groups is 3. The number of rotatable bonds is 5. The van der Waals surface area contributed by atoms with Crippen LogP contribution in [0.15, 0.2) is 12.1 Å². The molecule has 0 aliphatic carbocycles. The van der Waals surface area contributed by atoms with Gasteiger partial charge in [0.15, 0.2) is 6.10 Å². The van der Waals surface area contributed by atoms with E-state index in [4.69, 9.17) is 4.74 Å². The molecule has 1 aliphatic rings. The molecule has 1 saturated heterocycles. The van der Waals surface area contributed by atoms with Gasteiger partial charge in [-0.05, 0) is 38.8 Å². The Morgan fingerprint density at radius 3 is 2.46 bits per heavy atom. The summed E-state index contributed by atoms with van der Waals surface area (Å²) in [4.78, 5) is 37.0. The summed E-state index contributed by atoms with van der Waals surface area (Å²) in [5.74, 6) is -0.292. The molecule has 1 heterocycles. The summed E-state index contributed by atoms with van der Waals surface area (Å²) in [7, 11) is 0. The zero-order chi connectivity index (χ0) is 17.9. The van der Waals surface area contributed by atoms with Crippen LogP contribution >= 0.6 is 11.8 Å². The van der Waals surface area contributed by atoms with Crippen molar-refractivity contribution >= 4 is 34.6 Å². The van der Waals surface area contributed by atoms with Crippen LogP contribution in [0.5, 0.6) is 0 Å². The first-order valence-electron chi connectivity index (χ1n) is 7.78. The predicted molar refractivity (Wildman–Crippen MR) is 94.3 cm³/mol. The van der Waals surface area contributed by atoms with Crippen LogP contribution in [0.1, 0.15) is 23.6 Å². The summed E-state index contributed by atoms with van der Waals surface area (Å²) < 4.78 is 5.14. The number of aryl methyl sites for hydroxylation is 3. The Hall–Kier alpha value is -2.02. The van der Waals surface area contributed by atoms with E-state index in [-0.39, 0.29) is 17.7 Å². The maximum Gasteiger partial charge on any atom is 0.326 e. The summed E-state index contributed by atoms with van der Waals surface area (Å²) in [5, 5.41) is 2.68. The first-order chi connectivity index (χ1) is 11.3. The highest BCUT2D eigenvalue weighted by Gasteiger charge is 2.26. The minimum atomic E-state index is -0.928. The SMILES string of the molecule is Cc1cc(C)c(NC(=O)[C@@H](C)OC(=O)CN2CCSC2=O)c(C)c1. The molecule has 2 rings (SSSR count). The number of ether oxygens (including phenoxy) is 1. The molecule has 0 bridgehead atoms. The average molecular weight is 350 g/mol. The van der Waals surface area contributed by atoms with E-state index in [9.17, 15) is 14.4 Å². The smallest absolute Gasteiger partial charge is 0.326 e. The van der Waals surface area contributed by atoms with E-state index >= 15 is 0 Å². The minimum Gasteiger partial charge on any atom is -0.451 e. The lowest BCUT2D eigenvalue weighted by Crippen LogP contribution is -2.36. The molecule has 130 valence electrons. The third kappa shape index (κ3) is 4.50. The number of carbonyl (C=O) groups excluding carboxylic acids is 3. The molecule has 1 aromatic carbocycles. The molecule has 1 aromatic rings. The minimum absolute atomic E-state index is 0.119. The molecule has 1 fully saturated rings. The number of benzene rings is 1. The van der Waals surface area contributed by atoms with Crippen molar-refractivity contribution in [1.29, 1.82) is 0 Å². The molecule has 7 heteroatoms. The Morgan fingerprint density at radius 2 is 1.92 bits per heavy atom. The highest BCUT2D eigenvalue weighted by atomic mass is 32.2. The van der Waals surface area contributed by atoms with E-state index < -0.39 is 12.1 Å². The van der Waals surface area contributed by atoms with Gasteiger partial charge < -0.3 is 15.0 Å². The topological polar surface area (TPSA) is 75.7 Å². The number of amides is 2. The van der Waals surface area contributed by atoms with Gasteiger partial charge in [-0.1, -0.05) is 29.5 Å². The first-order valence-corrected chi connectivity index (χ1v) is 8.76. The van der Waals surface area contributed by atoms with Crippen LogP contribution in [0.3, 0.4) is 0 Å². The third-order valence-corrected chi connectivity index (χ3v) is 4.66. The first kappa shape index (κ1) is 18.3. The molecule has 24 heavy (non-hydrogen) atoms. The van der Waals surface area contributed by atoms with Crippen molar-refractivity contribution in [3.8, 4) is 0 Å². The normalized spacial score (nSPS) is 15.3. The highest BCUT2D eigenvalue weighted by molar-refractivity contribution is 8.13. The van der Waals surface area contributed by atoms with Crippen molar-refractivity contribution < 1.29 is 19.1 Å². The van der Waals surface area contributed by atoms with E-state index in [1.54, 1.807) is 0 Å². The molecule has 6 nitrogen and oxygen atoms in total. The zero-order valence-electron chi connectivity index (χ0n) is 14.3. The lowest BCUT2D eigenvalue weighted by Gasteiger charge is -2.18. The summed E-state index contributed by atoms with van der Waals surface area (Å²) in [6.45, 7) is 7.76. The van der Waals surface area contributed by atoms with Crippen LogP contribution in [-0.4, -0.2) is 47.0 Å². The molecule has 2 amide bonds. The van der Waals surface area contributed by atoms with Gasteiger partial charge in [0.25, 0.3) is 11.1 Å². The molecule has 0 saturated carbocycles. The van der Waals surface area contributed by atoms with Crippen molar-refractivity contribution in [2.24, 2.45) is 0 Å². The van der Waals surface area contributed by atoms with Gasteiger partial charge in [-0.15, -0.1) is 0 Å². The van der Waals surface area contributed by atoms with Crippen molar-refractivity contribution in [2.45, 2.75) is 33.8 Å². The summed E-state index contributed by atoms with van der Waals surface area (Å²) in [5.41, 5.74) is 3.77. The van der Waals surface area contributed by atoms with Crippen LogP contribution in [0, 0.1) is 20.8 Å². The Morgan fingerprint density at radius 1 is 1.29 bits per heavy atom. The summed E-state index contributed by atoms with van der Waals surface area (Å²) in [6.07, 6.45) is -0.928. The van der Waals surface area contributed by atoms with E-state index in [1.807, 2.05) is 32.9 Å². The molecule has 0 aromatic heterocycles. The fourth-order valence-corrected chi connectivity index (χ4v) is 3.44. The Kier molecular flexibility index (Phi) is 5.88. The van der Waals surface area contributed by atoms with Crippen molar-refractivity contribution in [2.75, 3.05) is 24.2 Å². The number of hydrogen-bond donors (Lipinski definition) is 1. The van der Waals surface area contributed by atoms with Crippen molar-refractivity contribution in [3.05, 3.63) is 28.8 Å². The quantitative estimate of drug-likeness (QED) is 0.826. The monoisotopic (exact) mass is 350 g/mol. The van der Waals surface area contributed by atoms with E-state index in [1.165, 1.54) is 23.6 Å². The maximum atomic E-state index is 12.3. The van der Waals surface area contributed by atoms with Gasteiger partial charge in [-0.3, -0.25) is 14.4 Å². The van der Waals surface area contributed by atoms with Gasteiger partial charge in [0, 0.05) is 18.0 Å². The largest absolute Gasteiger partial charge is 0.451 e. The Balaban J connectivity index is 1.92. The maximum absolute atomic E-state index is 12.3. The lowest BCUT2D eigenvalue weighted by atomic mass is 10.0. The van der Waals surface area contributed by atoms with Crippen molar-refractivity contribution in [1.82, 2.24) is 4.90 Å². The van der Waals surface area contributed by atoms with Gasteiger partial charge in [0.2, 0.25) is 0 Å². The second kappa shape index (κ2) is 7.70. The average Bonchev–Trinajstić information content (AvgIpc) is 2.87. The van der Waals surface area contributed by atoms with Crippen LogP contribution < -0.4 is 5.32 Å². The summed E-state index contributed by atoms with van der Waals surface area (Å²) in [6, 6.07) is 3.96. The standard InChI is InChI=1S/C17H22N2O4S/c1-10-7-11(2)15(12(3)8-10)18-16(21)13(4)23-14(20)9-19-5-6-24-17(19)22/h7-8,13H,5-6,9H2,1-4H3,(H,18,21)/t13-/m1/s1. The number of thioether (sulfide) groups is 1. The molecule has 1 N–H and O–H groups in total. The van der Waals surface area contributed by atoms with Crippen LogP contribution in [0.25, 0.3) is 0 Å². The van der Waals surface area contributed by atoms with E-state index in [0.29, 0.717) is 12.3 Å². The fraction of sp³-hybridized carbons (Fsp3) is 0.471. The second-order valence-corrected chi connectivity index (χ2v) is 6.98. The van der Waals surface area contributed by atoms with Crippen LogP contribution in [0.4, 0.5) is 10.5 Å². The van der Waals surface area contributed by atoms with Crippen LogP contribution in [0.2, 0.25) is 0 Å². The number of anilines is 1. The fourth-order valence-electron chi connectivity index (χ4n) is 2.62. The molecule has 0 radical (unpaired) electrons. The van der Waals surface area contributed by atoms with Gasteiger partial charge in [0.1, 0.15) is 6.54 Å². The summed E-state index contributed by atoms with van der Waals surface area (Å²) >= 11 is 1.18. The van der Waals surface area contributed by atoms with Gasteiger partial charge in [0.05, 0.1) is 0 Å². The predicted octanol–water partition coefficient (Wildman–Crippen LogP) is 2.65. The molecule has 0 spiro atoms. The van der Waals surface area contributed by atoms with Gasteiger partial charge >= 0.3 is 5.97 Å². The third-order valence-electron chi connectivity index (χ3n) is 3.77. The Labute approximate surface area is 145 Å². The molecular formula is C17H22N2O4S. The number of nitrogens with one attached hydrogen (secondary N) is 1. The molecular weight excluding hydrogens is 328 g/mol. The molecule has 0 unspecified atom stereocenters. The molecule has 1 aliphatic heterocycles. The van der Waals surface area contributed by atoms with Gasteiger partial charge in [-0.2, -0.15) is 0 Å². The number of nitrogens with zero attached hydrogens (tertiary/aromatic N) is 1. The van der Waals surface area contributed by atoms with E-state index in [0.717, 1.165) is 22.4 Å². The number of hydrogen-bond acceptors (Lipinski definition) is 5. The molecule has 1 atom stereocenters. The van der Waals surface area contributed by atoms with Gasteiger partial charge in [-0.25, -0.2) is 0 Å².